The lowest BCUT2D eigenvalue weighted by Crippen LogP contribution is -2.22. The first kappa shape index (κ1) is 8.47. The van der Waals surface area contributed by atoms with Crippen molar-refractivity contribution in [1.29, 1.82) is 0 Å². The predicted octanol–water partition coefficient (Wildman–Crippen LogP) is 1.88. The van der Waals surface area contributed by atoms with Crippen LogP contribution < -0.4 is 4.90 Å². The Labute approximate surface area is 87.9 Å². The zero-order valence-corrected chi connectivity index (χ0v) is 8.89. The van der Waals surface area contributed by atoms with E-state index in [1.54, 1.807) is 0 Å². The van der Waals surface area contributed by atoms with Gasteiger partial charge in [-0.2, -0.15) is 0 Å². The van der Waals surface area contributed by atoms with Crippen molar-refractivity contribution in [3.05, 3.63) is 4.77 Å². The second-order valence-corrected chi connectivity index (χ2v) is 4.51. The number of nitrogens with one attached hydrogen (secondary N) is 1. The summed E-state index contributed by atoms with van der Waals surface area (Å²) in [5.74, 6) is 1.06. The van der Waals surface area contributed by atoms with Crippen molar-refractivity contribution >= 4 is 18.2 Å². The number of hydrogen-bond donors (Lipinski definition) is 1. The van der Waals surface area contributed by atoms with Crippen LogP contribution >= 0.6 is 12.2 Å². The molecule has 0 atom stereocenters. The Morgan fingerprint density at radius 2 is 2.00 bits per heavy atom. The van der Waals surface area contributed by atoms with Crippen molar-refractivity contribution in [2.45, 2.75) is 31.7 Å². The highest BCUT2D eigenvalue weighted by Crippen LogP contribution is 2.38. The summed E-state index contributed by atoms with van der Waals surface area (Å²) >= 11 is 5.24. The predicted molar refractivity (Wildman–Crippen MR) is 57.1 cm³/mol. The van der Waals surface area contributed by atoms with Gasteiger partial charge < -0.3 is 4.90 Å². The van der Waals surface area contributed by atoms with E-state index >= 15 is 0 Å². The quantitative estimate of drug-likeness (QED) is 0.757. The topological polar surface area (TPSA) is 36.9 Å². The summed E-state index contributed by atoms with van der Waals surface area (Å²) in [5.41, 5.74) is 0. The van der Waals surface area contributed by atoms with E-state index in [2.05, 4.69) is 19.7 Å². The number of hydrogen-bond acceptors (Lipinski definition) is 3. The standard InChI is InChI=1S/C9H14N4S/c14-9-11-10-8(12-5-1-2-6-12)13(9)7-3-4-7/h7H,1-6H2,(H,11,14). The van der Waals surface area contributed by atoms with E-state index in [-0.39, 0.29) is 0 Å². The third-order valence-electron chi connectivity index (χ3n) is 2.99. The molecule has 1 saturated carbocycles. The molecule has 14 heavy (non-hydrogen) atoms. The summed E-state index contributed by atoms with van der Waals surface area (Å²) in [5, 5.41) is 7.24. The highest BCUT2D eigenvalue weighted by atomic mass is 32.1. The molecule has 1 N–H and O–H groups in total. The summed E-state index contributed by atoms with van der Waals surface area (Å²) in [6.07, 6.45) is 5.08. The first-order valence-corrected chi connectivity index (χ1v) is 5.69. The fourth-order valence-corrected chi connectivity index (χ4v) is 2.37. The number of H-pyrrole nitrogens is 1. The van der Waals surface area contributed by atoms with Gasteiger partial charge in [-0.25, -0.2) is 5.10 Å². The molecule has 1 aromatic rings. The van der Waals surface area contributed by atoms with Gasteiger partial charge in [0.05, 0.1) is 0 Å². The van der Waals surface area contributed by atoms with E-state index in [1.165, 1.54) is 25.7 Å². The lowest BCUT2D eigenvalue weighted by atomic mass is 10.4. The van der Waals surface area contributed by atoms with Crippen molar-refractivity contribution in [3.8, 4) is 0 Å². The molecule has 0 radical (unpaired) electrons. The number of anilines is 1. The molecule has 0 bridgehead atoms. The first-order chi connectivity index (χ1) is 6.86. The van der Waals surface area contributed by atoms with Gasteiger partial charge in [-0.15, -0.1) is 5.10 Å². The largest absolute Gasteiger partial charge is 0.341 e. The van der Waals surface area contributed by atoms with Crippen LogP contribution in [0.15, 0.2) is 0 Å². The number of aromatic amines is 1. The van der Waals surface area contributed by atoms with Gasteiger partial charge >= 0.3 is 0 Å². The molecule has 0 unspecified atom stereocenters. The molecular formula is C9H14N4S. The summed E-state index contributed by atoms with van der Waals surface area (Å²) in [6.45, 7) is 2.26. The van der Waals surface area contributed by atoms with E-state index < -0.39 is 0 Å². The monoisotopic (exact) mass is 210 g/mol. The zero-order chi connectivity index (χ0) is 9.54. The minimum atomic E-state index is 0.622. The molecule has 0 spiro atoms. The van der Waals surface area contributed by atoms with Crippen LogP contribution in [-0.2, 0) is 0 Å². The Balaban J connectivity index is 1.99. The average Bonchev–Trinajstić information content (AvgIpc) is 2.75. The SMILES string of the molecule is S=c1[nH]nc(N2CCCC2)n1C1CC1. The molecule has 2 fully saturated rings. The Morgan fingerprint density at radius 1 is 1.29 bits per heavy atom. The maximum absolute atomic E-state index is 5.24. The third kappa shape index (κ3) is 1.27. The van der Waals surface area contributed by atoms with Gasteiger partial charge in [-0.1, -0.05) is 0 Å². The van der Waals surface area contributed by atoms with Gasteiger partial charge in [0, 0.05) is 19.1 Å². The van der Waals surface area contributed by atoms with Crippen molar-refractivity contribution in [2.75, 3.05) is 18.0 Å². The first-order valence-electron chi connectivity index (χ1n) is 5.28. The number of nitrogens with zero attached hydrogens (tertiary/aromatic N) is 3. The van der Waals surface area contributed by atoms with E-state index in [0.29, 0.717) is 6.04 Å². The van der Waals surface area contributed by atoms with Crippen LogP contribution in [0.4, 0.5) is 5.95 Å². The van der Waals surface area contributed by atoms with Gasteiger partial charge in [0.25, 0.3) is 0 Å². The fraction of sp³-hybridized carbons (Fsp3) is 0.778. The molecule has 1 saturated heterocycles. The number of rotatable bonds is 2. The molecule has 0 amide bonds. The maximum atomic E-state index is 5.24. The lowest BCUT2D eigenvalue weighted by molar-refractivity contribution is 0.705. The normalized spacial score (nSPS) is 21.9. The molecule has 1 aliphatic heterocycles. The molecule has 5 heteroatoms. The summed E-state index contributed by atoms with van der Waals surface area (Å²) in [4.78, 5) is 2.34. The van der Waals surface area contributed by atoms with Gasteiger partial charge in [0.1, 0.15) is 0 Å². The van der Waals surface area contributed by atoms with Crippen LogP contribution in [0.2, 0.25) is 0 Å². The van der Waals surface area contributed by atoms with E-state index in [1.807, 2.05) is 0 Å². The molecule has 76 valence electrons. The van der Waals surface area contributed by atoms with E-state index in [0.717, 1.165) is 23.8 Å². The second-order valence-electron chi connectivity index (χ2n) is 4.12. The van der Waals surface area contributed by atoms with Crippen LogP contribution in [0.3, 0.4) is 0 Å². The smallest absolute Gasteiger partial charge is 0.225 e. The van der Waals surface area contributed by atoms with Gasteiger partial charge in [-0.05, 0) is 37.9 Å². The third-order valence-corrected chi connectivity index (χ3v) is 3.27. The van der Waals surface area contributed by atoms with Crippen LogP contribution in [0.25, 0.3) is 0 Å². The Kier molecular flexibility index (Phi) is 1.87. The van der Waals surface area contributed by atoms with Crippen LogP contribution in [0, 0.1) is 4.77 Å². The Bertz CT molecular complexity index is 384. The summed E-state index contributed by atoms with van der Waals surface area (Å²) in [6, 6.07) is 0.622. The van der Waals surface area contributed by atoms with Gasteiger partial charge in [0.2, 0.25) is 5.95 Å². The second kappa shape index (κ2) is 3.08. The molecule has 0 aromatic carbocycles. The highest BCUT2D eigenvalue weighted by Gasteiger charge is 2.29. The maximum Gasteiger partial charge on any atom is 0.225 e. The fourth-order valence-electron chi connectivity index (χ4n) is 2.10. The highest BCUT2D eigenvalue weighted by molar-refractivity contribution is 7.71. The van der Waals surface area contributed by atoms with Gasteiger partial charge in [-0.3, -0.25) is 4.57 Å². The van der Waals surface area contributed by atoms with Crippen LogP contribution in [-0.4, -0.2) is 27.9 Å². The molecule has 1 aromatic heterocycles. The number of aromatic nitrogens is 3. The molecule has 2 heterocycles. The molecule has 1 aliphatic carbocycles. The zero-order valence-electron chi connectivity index (χ0n) is 8.07. The van der Waals surface area contributed by atoms with Crippen molar-refractivity contribution in [1.82, 2.24) is 14.8 Å². The molecule has 2 aliphatic rings. The molecule has 3 rings (SSSR count). The Hall–Kier alpha value is -0.840. The molecule has 4 nitrogen and oxygen atoms in total. The lowest BCUT2D eigenvalue weighted by Gasteiger charge is -2.16. The average molecular weight is 210 g/mol. The van der Waals surface area contributed by atoms with Crippen molar-refractivity contribution in [3.63, 3.8) is 0 Å². The molecular weight excluding hydrogens is 196 g/mol. The van der Waals surface area contributed by atoms with Crippen LogP contribution in [0.5, 0.6) is 0 Å². The van der Waals surface area contributed by atoms with Crippen molar-refractivity contribution in [2.24, 2.45) is 0 Å². The summed E-state index contributed by atoms with van der Waals surface area (Å²) in [7, 11) is 0. The van der Waals surface area contributed by atoms with Crippen LogP contribution in [0.1, 0.15) is 31.7 Å². The Morgan fingerprint density at radius 3 is 2.64 bits per heavy atom. The van der Waals surface area contributed by atoms with Crippen molar-refractivity contribution < 1.29 is 0 Å². The minimum Gasteiger partial charge on any atom is -0.341 e. The van der Waals surface area contributed by atoms with Gasteiger partial charge in [0.15, 0.2) is 4.77 Å². The summed E-state index contributed by atoms with van der Waals surface area (Å²) < 4.78 is 2.98. The van der Waals surface area contributed by atoms with E-state index in [4.69, 9.17) is 12.2 Å². The minimum absolute atomic E-state index is 0.622. The van der Waals surface area contributed by atoms with E-state index in [9.17, 15) is 0 Å².